The van der Waals surface area contributed by atoms with Crippen LogP contribution in [0.15, 0.2) is 136 Å². The molecule has 0 spiro atoms. The molecule has 1 atom stereocenters. The third-order valence-corrected chi connectivity index (χ3v) is 12.8. The van der Waals surface area contributed by atoms with Gasteiger partial charge in [0.1, 0.15) is 23.1 Å². The number of rotatable bonds is 12. The minimum atomic E-state index is -4.87. The van der Waals surface area contributed by atoms with E-state index in [4.69, 9.17) is 26.4 Å². The molecule has 3 aromatic carbocycles. The number of alkyl halides is 3. The number of anilines is 2. The number of benzene rings is 3. The minimum absolute atomic E-state index is 0.0702. The Balaban J connectivity index is 1.16. The first-order chi connectivity index (χ1) is 31.3. The molecule has 9 rings (SSSR count). The van der Waals surface area contributed by atoms with Crippen molar-refractivity contribution in [2.75, 3.05) is 30.4 Å². The molecule has 0 amide bonds. The van der Waals surface area contributed by atoms with Gasteiger partial charge in [0.05, 0.1) is 41.4 Å². The minimum Gasteiger partial charge on any atom is -0.497 e. The van der Waals surface area contributed by atoms with Crippen molar-refractivity contribution in [1.29, 1.82) is 0 Å². The van der Waals surface area contributed by atoms with Crippen molar-refractivity contribution in [1.82, 2.24) is 19.9 Å². The highest BCUT2D eigenvalue weighted by atomic mass is 35.5. The molecule has 9 nitrogen and oxygen atoms in total. The maximum absolute atomic E-state index is 17.5. The number of aliphatic imine (C=N–C) groups is 1. The SMILES string of the molecule is COc1ccc(CNc2ncccc2C(C)N2N=C(Cl)C3=NC(F)=C(c4nc(N(Cc5ccc(C)cc5)Cc5ccc(C)cc5)cc(C)c4C(F)(F)F)C4=C5C3=C2CCN5CCC4)cc1. The number of nitrogens with one attached hydrogen (secondary N) is 1. The first-order valence-electron chi connectivity index (χ1n) is 21.8. The summed E-state index contributed by atoms with van der Waals surface area (Å²) in [5.74, 6) is 0.612. The van der Waals surface area contributed by atoms with Gasteiger partial charge in [-0.3, -0.25) is 5.01 Å². The Morgan fingerprint density at radius 3 is 2.17 bits per heavy atom. The highest BCUT2D eigenvalue weighted by Crippen LogP contribution is 2.50. The molecule has 65 heavy (non-hydrogen) atoms. The molecular weight excluding hydrogens is 852 g/mol. The van der Waals surface area contributed by atoms with Gasteiger partial charge in [0, 0.05) is 56.5 Å². The molecule has 2 aromatic heterocycles. The number of hydrazone groups is 1. The Hall–Kier alpha value is -6.47. The number of nitrogens with zero attached hydrogens (tertiary/aromatic N) is 7. The van der Waals surface area contributed by atoms with Crippen LogP contribution in [0.2, 0.25) is 0 Å². The van der Waals surface area contributed by atoms with Crippen LogP contribution in [0.3, 0.4) is 0 Å². The standard InChI is InChI=1S/C51H49ClF4N8O/c1-30-10-14-35(15-11-30)28-63(29-36-16-12-31(2)13-17-36)41-26-32(3)44(51(54,55)56)45(59-41)42-39-9-7-24-62-25-22-40-43(47(39)62)46(60-49(42)53)48(52)61-64(40)33(4)38-8-6-23-57-50(38)58-27-34-18-20-37(65-5)21-19-34/h6,8,10-21,23,26,33H,7,9,22,24-25,27-29H2,1-5H3,(H,57,58). The smallest absolute Gasteiger partial charge is 0.418 e. The third-order valence-electron chi connectivity index (χ3n) is 12.5. The quantitative estimate of drug-likeness (QED) is 0.0986. The fourth-order valence-electron chi connectivity index (χ4n) is 9.24. The summed E-state index contributed by atoms with van der Waals surface area (Å²) in [5, 5.41) is 10.1. The van der Waals surface area contributed by atoms with Gasteiger partial charge in [-0.05, 0) is 92.6 Å². The maximum Gasteiger partial charge on any atom is 0.418 e. The fraction of sp³-hybridized carbons (Fsp3) is 0.294. The van der Waals surface area contributed by atoms with Gasteiger partial charge in [-0.15, -0.1) is 0 Å². The van der Waals surface area contributed by atoms with Crippen molar-refractivity contribution < 1.29 is 22.3 Å². The number of aromatic nitrogens is 2. The third kappa shape index (κ3) is 8.73. The number of pyridine rings is 2. The van der Waals surface area contributed by atoms with Crippen LogP contribution in [0.4, 0.5) is 29.2 Å². The number of hydrogen-bond acceptors (Lipinski definition) is 9. The molecule has 0 saturated carbocycles. The molecule has 4 aliphatic rings. The number of hydrogen-bond donors (Lipinski definition) is 1. The number of allylic oxidation sites excluding steroid dienone is 3. The lowest BCUT2D eigenvalue weighted by molar-refractivity contribution is -0.138. The van der Waals surface area contributed by atoms with E-state index in [0.29, 0.717) is 74.6 Å². The largest absolute Gasteiger partial charge is 0.497 e. The number of aryl methyl sites for hydroxylation is 3. The van der Waals surface area contributed by atoms with Crippen molar-refractivity contribution in [2.24, 2.45) is 10.1 Å². The van der Waals surface area contributed by atoms with Crippen LogP contribution < -0.4 is 15.0 Å². The van der Waals surface area contributed by atoms with Gasteiger partial charge in [0.2, 0.25) is 5.95 Å². The molecule has 334 valence electrons. The Bertz CT molecular complexity index is 2750. The molecule has 0 fully saturated rings. The summed E-state index contributed by atoms with van der Waals surface area (Å²) < 4.78 is 69.3. The average molecular weight is 901 g/mol. The van der Waals surface area contributed by atoms with Gasteiger partial charge in [-0.25, -0.2) is 15.0 Å². The van der Waals surface area contributed by atoms with E-state index < -0.39 is 29.4 Å². The van der Waals surface area contributed by atoms with E-state index in [1.54, 1.807) is 13.3 Å². The van der Waals surface area contributed by atoms with Crippen LogP contribution in [-0.4, -0.2) is 51.0 Å². The van der Waals surface area contributed by atoms with E-state index >= 15 is 17.6 Å². The molecule has 14 heteroatoms. The van der Waals surface area contributed by atoms with Gasteiger partial charge < -0.3 is 19.9 Å². The lowest BCUT2D eigenvalue weighted by atomic mass is 9.84. The van der Waals surface area contributed by atoms with E-state index in [1.807, 2.05) is 116 Å². The fourth-order valence-corrected chi connectivity index (χ4v) is 9.45. The van der Waals surface area contributed by atoms with Crippen molar-refractivity contribution in [3.63, 3.8) is 0 Å². The second-order valence-electron chi connectivity index (χ2n) is 17.0. The predicted octanol–water partition coefficient (Wildman–Crippen LogP) is 12.0. The Morgan fingerprint density at radius 2 is 1.52 bits per heavy atom. The van der Waals surface area contributed by atoms with Gasteiger partial charge in [0.25, 0.3) is 0 Å². The summed E-state index contributed by atoms with van der Waals surface area (Å²) in [6, 6.07) is 28.7. The summed E-state index contributed by atoms with van der Waals surface area (Å²) in [6.07, 6.45) is -1.73. The average Bonchev–Trinajstić information content (AvgIpc) is 3.43. The predicted molar refractivity (Wildman–Crippen MR) is 249 cm³/mol. The molecule has 0 saturated heterocycles. The van der Waals surface area contributed by atoms with Gasteiger partial charge in [-0.2, -0.15) is 22.7 Å². The molecule has 4 aliphatic heterocycles. The summed E-state index contributed by atoms with van der Waals surface area (Å²) in [5.41, 5.74) is 6.54. The van der Waals surface area contributed by atoms with Crippen molar-refractivity contribution in [2.45, 2.75) is 78.8 Å². The topological polar surface area (TPSA) is 81.5 Å². The van der Waals surface area contributed by atoms with Gasteiger partial charge in [-0.1, -0.05) is 89.5 Å². The number of ether oxygens (including phenoxy) is 1. The Kier molecular flexibility index (Phi) is 12.0. The van der Waals surface area contributed by atoms with Crippen LogP contribution >= 0.6 is 11.6 Å². The summed E-state index contributed by atoms with van der Waals surface area (Å²) in [6.45, 7) is 9.78. The summed E-state index contributed by atoms with van der Waals surface area (Å²) in [4.78, 5) is 18.1. The lowest BCUT2D eigenvalue weighted by Crippen LogP contribution is -2.43. The molecule has 6 heterocycles. The molecule has 0 radical (unpaired) electrons. The number of methoxy groups -OCH3 is 1. The van der Waals surface area contributed by atoms with Crippen LogP contribution in [0.5, 0.6) is 5.75 Å². The highest BCUT2D eigenvalue weighted by Gasteiger charge is 2.45. The van der Waals surface area contributed by atoms with E-state index in [1.165, 1.54) is 13.0 Å². The second kappa shape index (κ2) is 17.8. The van der Waals surface area contributed by atoms with E-state index in [2.05, 4.69) is 20.2 Å². The Labute approximate surface area is 381 Å². The molecule has 0 bridgehead atoms. The lowest BCUT2D eigenvalue weighted by Gasteiger charge is -2.44. The van der Waals surface area contributed by atoms with Crippen LogP contribution in [0, 0.1) is 20.8 Å². The molecule has 0 aliphatic carbocycles. The molecule has 1 unspecified atom stereocenters. The first-order valence-corrected chi connectivity index (χ1v) is 22.2. The van der Waals surface area contributed by atoms with Crippen LogP contribution in [0.25, 0.3) is 5.57 Å². The van der Waals surface area contributed by atoms with Crippen LogP contribution in [0.1, 0.15) is 82.4 Å². The zero-order valence-corrected chi connectivity index (χ0v) is 37.7. The highest BCUT2D eigenvalue weighted by molar-refractivity contribution is 6.86. The van der Waals surface area contributed by atoms with Crippen molar-refractivity contribution in [3.05, 3.63) is 176 Å². The van der Waals surface area contributed by atoms with E-state index in [-0.39, 0.29) is 27.8 Å². The zero-order valence-electron chi connectivity index (χ0n) is 36.9. The van der Waals surface area contributed by atoms with E-state index in [0.717, 1.165) is 44.8 Å². The van der Waals surface area contributed by atoms with Crippen LogP contribution in [-0.2, 0) is 25.8 Å². The van der Waals surface area contributed by atoms with Crippen molar-refractivity contribution >= 4 is 39.7 Å². The zero-order chi connectivity index (χ0) is 45.6. The monoisotopic (exact) mass is 900 g/mol. The second-order valence-corrected chi connectivity index (χ2v) is 17.4. The maximum atomic E-state index is 17.5. The molecule has 1 N–H and O–H groups in total. The number of halogens is 5. The summed E-state index contributed by atoms with van der Waals surface area (Å²) >= 11 is 7.06. The van der Waals surface area contributed by atoms with Gasteiger partial charge in [0.15, 0.2) is 5.17 Å². The molecule has 5 aromatic rings. The van der Waals surface area contributed by atoms with Gasteiger partial charge >= 0.3 is 6.18 Å². The normalized spacial score (nSPS) is 16.5. The first kappa shape index (κ1) is 43.8. The van der Waals surface area contributed by atoms with Crippen molar-refractivity contribution in [3.8, 4) is 5.75 Å². The summed E-state index contributed by atoms with van der Waals surface area (Å²) in [7, 11) is 1.63. The Morgan fingerprint density at radius 1 is 0.862 bits per heavy atom. The molecular formula is C51H49ClF4N8O. The van der Waals surface area contributed by atoms with E-state index in [9.17, 15) is 0 Å².